The van der Waals surface area contributed by atoms with E-state index in [1.807, 2.05) is 14.0 Å². The molecule has 0 spiro atoms. The van der Waals surface area contributed by atoms with Crippen molar-refractivity contribution in [1.82, 2.24) is 9.62 Å². The molecular formula is C13H20N2O3S. The minimum Gasteiger partial charge on any atom is -0.494 e. The first-order valence-corrected chi connectivity index (χ1v) is 7.93. The van der Waals surface area contributed by atoms with Gasteiger partial charge in [-0.3, -0.25) is 0 Å². The molecule has 0 aromatic heterocycles. The van der Waals surface area contributed by atoms with Crippen LogP contribution in [0, 0.1) is 0 Å². The average Bonchev–Trinajstić information content (AvgIpc) is 2.35. The minimum atomic E-state index is -3.41. The lowest BCUT2D eigenvalue weighted by molar-refractivity contribution is 0.180. The van der Waals surface area contributed by atoms with E-state index in [1.54, 1.807) is 24.3 Å². The Bertz CT molecular complexity index is 507. The van der Waals surface area contributed by atoms with E-state index in [9.17, 15) is 8.42 Å². The van der Waals surface area contributed by atoms with Crippen LogP contribution in [0.15, 0.2) is 29.2 Å². The number of sulfonamides is 1. The standard InChI is InChI=1S/C13H20N2O3S/c1-3-8-18-12-4-6-13(7-5-12)19(16,17)14-11-9-15(2)10-11/h4-7,11,14H,3,8-10H2,1-2H3. The Morgan fingerprint density at radius 1 is 1.32 bits per heavy atom. The van der Waals surface area contributed by atoms with E-state index in [4.69, 9.17) is 4.74 Å². The van der Waals surface area contributed by atoms with Crippen LogP contribution in [0.4, 0.5) is 0 Å². The first kappa shape index (κ1) is 14.3. The van der Waals surface area contributed by atoms with Gasteiger partial charge in [0, 0.05) is 19.1 Å². The molecule has 0 atom stereocenters. The van der Waals surface area contributed by atoms with Crippen LogP contribution in [0.1, 0.15) is 13.3 Å². The van der Waals surface area contributed by atoms with E-state index < -0.39 is 10.0 Å². The Balaban J connectivity index is 1.99. The van der Waals surface area contributed by atoms with Gasteiger partial charge in [0.05, 0.1) is 11.5 Å². The molecule has 5 nitrogen and oxygen atoms in total. The number of hydrogen-bond donors (Lipinski definition) is 1. The smallest absolute Gasteiger partial charge is 0.240 e. The maximum Gasteiger partial charge on any atom is 0.240 e. The molecule has 2 rings (SSSR count). The van der Waals surface area contributed by atoms with Gasteiger partial charge < -0.3 is 9.64 Å². The van der Waals surface area contributed by atoms with Crippen LogP contribution < -0.4 is 9.46 Å². The molecule has 19 heavy (non-hydrogen) atoms. The van der Waals surface area contributed by atoms with E-state index in [-0.39, 0.29) is 10.9 Å². The van der Waals surface area contributed by atoms with Crippen molar-refractivity contribution in [2.75, 3.05) is 26.7 Å². The Morgan fingerprint density at radius 2 is 1.95 bits per heavy atom. The normalized spacial score (nSPS) is 17.2. The molecule has 1 N–H and O–H groups in total. The molecule has 1 aliphatic rings. The quantitative estimate of drug-likeness (QED) is 0.849. The summed E-state index contributed by atoms with van der Waals surface area (Å²) in [6, 6.07) is 6.56. The van der Waals surface area contributed by atoms with Gasteiger partial charge in [0.15, 0.2) is 0 Å². The molecule has 0 bridgehead atoms. The van der Waals surface area contributed by atoms with E-state index >= 15 is 0 Å². The van der Waals surface area contributed by atoms with Crippen LogP contribution in [0.2, 0.25) is 0 Å². The zero-order valence-electron chi connectivity index (χ0n) is 11.3. The van der Waals surface area contributed by atoms with Crippen molar-refractivity contribution in [1.29, 1.82) is 0 Å². The predicted octanol–water partition coefficient (Wildman–Crippen LogP) is 1.07. The fourth-order valence-corrected chi connectivity index (χ4v) is 3.21. The third-order valence-corrected chi connectivity index (χ3v) is 4.53. The molecular weight excluding hydrogens is 264 g/mol. The highest BCUT2D eigenvalue weighted by atomic mass is 32.2. The summed E-state index contributed by atoms with van der Waals surface area (Å²) >= 11 is 0. The third kappa shape index (κ3) is 3.68. The van der Waals surface area contributed by atoms with Crippen LogP contribution in [0.3, 0.4) is 0 Å². The summed E-state index contributed by atoms with van der Waals surface area (Å²) in [6.07, 6.45) is 0.927. The highest BCUT2D eigenvalue weighted by Gasteiger charge is 2.28. The second-order valence-corrected chi connectivity index (χ2v) is 6.57. The lowest BCUT2D eigenvalue weighted by Gasteiger charge is -2.36. The van der Waals surface area contributed by atoms with Gasteiger partial charge in [-0.15, -0.1) is 0 Å². The van der Waals surface area contributed by atoms with Gasteiger partial charge in [-0.1, -0.05) is 6.92 Å². The lowest BCUT2D eigenvalue weighted by Crippen LogP contribution is -2.57. The number of benzene rings is 1. The van der Waals surface area contributed by atoms with Crippen LogP contribution >= 0.6 is 0 Å². The van der Waals surface area contributed by atoms with Gasteiger partial charge in [-0.2, -0.15) is 0 Å². The summed E-state index contributed by atoms with van der Waals surface area (Å²) in [4.78, 5) is 2.35. The minimum absolute atomic E-state index is 0.0195. The van der Waals surface area contributed by atoms with E-state index in [0.717, 1.165) is 19.5 Å². The molecule has 0 unspecified atom stereocenters. The van der Waals surface area contributed by atoms with Crippen molar-refractivity contribution in [3.63, 3.8) is 0 Å². The molecule has 0 saturated carbocycles. The number of nitrogens with one attached hydrogen (secondary N) is 1. The van der Waals surface area contributed by atoms with Gasteiger partial charge in [-0.05, 0) is 37.7 Å². The SMILES string of the molecule is CCCOc1ccc(S(=O)(=O)NC2CN(C)C2)cc1. The molecule has 0 amide bonds. The van der Waals surface area contributed by atoms with Crippen LogP contribution in [-0.2, 0) is 10.0 Å². The molecule has 1 fully saturated rings. The molecule has 1 aliphatic heterocycles. The van der Waals surface area contributed by atoms with E-state index in [0.29, 0.717) is 12.4 Å². The highest BCUT2D eigenvalue weighted by molar-refractivity contribution is 7.89. The lowest BCUT2D eigenvalue weighted by atomic mass is 10.2. The molecule has 0 aliphatic carbocycles. The fourth-order valence-electron chi connectivity index (χ4n) is 2.00. The summed E-state index contributed by atoms with van der Waals surface area (Å²) in [5, 5.41) is 0. The molecule has 1 heterocycles. The van der Waals surface area contributed by atoms with Crippen molar-refractivity contribution in [3.05, 3.63) is 24.3 Å². The number of likely N-dealkylation sites (tertiary alicyclic amines) is 1. The Hall–Kier alpha value is -1.11. The first-order chi connectivity index (χ1) is 9.01. The maximum atomic E-state index is 12.1. The summed E-state index contributed by atoms with van der Waals surface area (Å²) in [7, 11) is -1.45. The number of likely N-dealkylation sites (N-methyl/N-ethyl adjacent to an activating group) is 1. The van der Waals surface area contributed by atoms with Crippen molar-refractivity contribution in [2.45, 2.75) is 24.3 Å². The molecule has 0 radical (unpaired) electrons. The second kappa shape index (κ2) is 5.90. The average molecular weight is 284 g/mol. The summed E-state index contributed by atoms with van der Waals surface area (Å²) in [5.41, 5.74) is 0. The van der Waals surface area contributed by atoms with Crippen LogP contribution in [0.5, 0.6) is 5.75 Å². The van der Waals surface area contributed by atoms with Gasteiger partial charge in [0.2, 0.25) is 10.0 Å². The maximum absolute atomic E-state index is 12.1. The van der Waals surface area contributed by atoms with Crippen molar-refractivity contribution in [3.8, 4) is 5.75 Å². The summed E-state index contributed by atoms with van der Waals surface area (Å²) in [5.74, 6) is 0.698. The van der Waals surface area contributed by atoms with Crippen LogP contribution in [-0.4, -0.2) is 46.1 Å². The van der Waals surface area contributed by atoms with Gasteiger partial charge in [0.25, 0.3) is 0 Å². The monoisotopic (exact) mass is 284 g/mol. The first-order valence-electron chi connectivity index (χ1n) is 6.45. The number of ether oxygens (including phenoxy) is 1. The van der Waals surface area contributed by atoms with Crippen molar-refractivity contribution >= 4 is 10.0 Å². The Kier molecular flexibility index (Phi) is 4.44. The predicted molar refractivity (Wildman–Crippen MR) is 73.8 cm³/mol. The van der Waals surface area contributed by atoms with Crippen LogP contribution in [0.25, 0.3) is 0 Å². The molecule has 106 valence electrons. The number of nitrogens with zero attached hydrogens (tertiary/aromatic N) is 1. The van der Waals surface area contributed by atoms with E-state index in [2.05, 4.69) is 9.62 Å². The number of rotatable bonds is 6. The molecule has 6 heteroatoms. The Labute approximate surface area is 114 Å². The van der Waals surface area contributed by atoms with Crippen molar-refractivity contribution < 1.29 is 13.2 Å². The van der Waals surface area contributed by atoms with Gasteiger partial charge >= 0.3 is 0 Å². The Morgan fingerprint density at radius 3 is 2.47 bits per heavy atom. The summed E-state index contributed by atoms with van der Waals surface area (Å²) < 4.78 is 32.3. The van der Waals surface area contributed by atoms with Gasteiger partial charge in [-0.25, -0.2) is 13.1 Å². The third-order valence-electron chi connectivity index (χ3n) is 2.99. The topological polar surface area (TPSA) is 58.6 Å². The van der Waals surface area contributed by atoms with E-state index in [1.165, 1.54) is 0 Å². The highest BCUT2D eigenvalue weighted by Crippen LogP contribution is 2.17. The largest absolute Gasteiger partial charge is 0.494 e. The zero-order valence-corrected chi connectivity index (χ0v) is 12.1. The summed E-state index contributed by atoms with van der Waals surface area (Å²) in [6.45, 7) is 4.19. The molecule has 1 saturated heterocycles. The fraction of sp³-hybridized carbons (Fsp3) is 0.538. The zero-order chi connectivity index (χ0) is 13.9. The number of hydrogen-bond acceptors (Lipinski definition) is 4. The van der Waals surface area contributed by atoms with Crippen molar-refractivity contribution in [2.24, 2.45) is 0 Å². The molecule has 1 aromatic rings. The second-order valence-electron chi connectivity index (χ2n) is 4.86. The molecule has 1 aromatic carbocycles. The van der Waals surface area contributed by atoms with Gasteiger partial charge in [0.1, 0.15) is 5.75 Å².